The van der Waals surface area contributed by atoms with Crippen molar-refractivity contribution in [2.75, 3.05) is 30.3 Å². The van der Waals surface area contributed by atoms with E-state index in [1.165, 1.54) is 24.0 Å². The molecule has 0 saturated heterocycles. The van der Waals surface area contributed by atoms with Crippen molar-refractivity contribution in [3.05, 3.63) is 70.3 Å². The van der Waals surface area contributed by atoms with Gasteiger partial charge in [0.1, 0.15) is 5.75 Å². The van der Waals surface area contributed by atoms with Crippen LogP contribution in [-0.2, 0) is 21.5 Å². The number of allylic oxidation sites excluding steroid dienone is 2. The van der Waals surface area contributed by atoms with Crippen molar-refractivity contribution in [2.24, 2.45) is 11.8 Å². The van der Waals surface area contributed by atoms with Crippen LogP contribution in [0.25, 0.3) is 0 Å². The third-order valence-electron chi connectivity index (χ3n) is 9.06. The van der Waals surface area contributed by atoms with E-state index in [2.05, 4.69) is 39.8 Å². The largest absolute Gasteiger partial charge is 0.490 e. The number of nitrogens with one attached hydrogen (secondary N) is 1. The summed E-state index contributed by atoms with van der Waals surface area (Å²) in [6.45, 7) is 2.38. The molecule has 1 spiro atoms. The average Bonchev–Trinajstić information content (AvgIpc) is 3.02. The summed E-state index contributed by atoms with van der Waals surface area (Å²) < 4.78 is 22.3. The number of halogens is 1. The number of carbonyl (C=O) groups is 1. The van der Waals surface area contributed by atoms with Crippen molar-refractivity contribution in [1.82, 2.24) is 4.72 Å². The molecule has 1 saturated carbocycles. The van der Waals surface area contributed by atoms with Gasteiger partial charge in [-0.1, -0.05) is 29.8 Å². The highest BCUT2D eigenvalue weighted by molar-refractivity contribution is 7.99. The Hall–Kier alpha value is -2.44. The molecule has 2 aliphatic carbocycles. The van der Waals surface area contributed by atoms with Crippen LogP contribution in [0.5, 0.6) is 5.75 Å². The van der Waals surface area contributed by atoms with Gasteiger partial charge in [-0.3, -0.25) is 9.52 Å². The van der Waals surface area contributed by atoms with Crippen LogP contribution in [0.15, 0.2) is 48.6 Å². The van der Waals surface area contributed by atoms with Crippen LogP contribution in [0.4, 0.5) is 5.69 Å². The monoisotopic (exact) mass is 552 g/mol. The molecular formula is C31H37ClN2O3S. The maximum Gasteiger partial charge on any atom is 0.262 e. The molecule has 38 heavy (non-hydrogen) atoms. The van der Waals surface area contributed by atoms with Gasteiger partial charge in [-0.15, -0.1) is 0 Å². The van der Waals surface area contributed by atoms with Gasteiger partial charge in [0.05, 0.1) is 12.3 Å². The maximum atomic E-state index is 13.2. The second-order valence-corrected chi connectivity index (χ2v) is 14.4. The molecular weight excluding hydrogens is 516 g/mol. The fraction of sp³-hybridized carbons (Fsp3) is 0.484. The summed E-state index contributed by atoms with van der Waals surface area (Å²) in [5.41, 5.74) is 3.99. The van der Waals surface area contributed by atoms with Gasteiger partial charge in [0.2, 0.25) is 0 Å². The van der Waals surface area contributed by atoms with E-state index in [9.17, 15) is 9.00 Å². The van der Waals surface area contributed by atoms with Crippen LogP contribution in [-0.4, -0.2) is 41.4 Å². The molecule has 2 aromatic carbocycles. The molecule has 1 fully saturated rings. The quantitative estimate of drug-likeness (QED) is 0.324. The first-order valence-corrected chi connectivity index (χ1v) is 16.2. The Balaban J connectivity index is 1.40. The number of hydrogen-bond acceptors (Lipinski definition) is 4. The van der Waals surface area contributed by atoms with Gasteiger partial charge in [0, 0.05) is 44.6 Å². The molecule has 1 amide bonds. The number of ether oxygens (including phenoxy) is 1. The Labute approximate surface area is 231 Å². The highest BCUT2D eigenvalue weighted by Gasteiger charge is 2.43. The molecule has 0 radical (unpaired) electrons. The SMILES string of the molecule is C=S1(=O)CCC/C=C/C[C@@H]2CC[C@H]2CN2C[C@@]3(CCCc4cc(Cl)ccc43)COc3ccc(cc32)C(=O)N1. The topological polar surface area (TPSA) is 58.6 Å². The van der Waals surface area contributed by atoms with E-state index in [0.29, 0.717) is 29.8 Å². The normalized spacial score (nSPS) is 32.1. The predicted octanol–water partition coefficient (Wildman–Crippen LogP) is 5.94. The van der Waals surface area contributed by atoms with Gasteiger partial charge in [0.25, 0.3) is 5.91 Å². The Morgan fingerprint density at radius 2 is 1.97 bits per heavy atom. The first kappa shape index (κ1) is 25.8. The standard InChI is InChI=1S/C31H37ClN2O3S/c1-38(36)16-5-3-2-4-7-22-9-10-25(22)19-34-20-31(15-6-8-23-17-26(32)12-13-27(23)31)21-37-29-14-11-24(18-28(29)34)30(35)33-38/h2,4,11-14,17-18,22,25H,1,3,5-10,15-16,19-21H2,(H,33,35,36)/b4-2+/t22-,25+,31+,38?/m1/s1. The van der Waals surface area contributed by atoms with E-state index in [1.54, 1.807) is 6.07 Å². The molecule has 1 N–H and O–H groups in total. The van der Waals surface area contributed by atoms with Crippen molar-refractivity contribution < 1.29 is 13.7 Å². The molecule has 202 valence electrons. The van der Waals surface area contributed by atoms with E-state index in [4.69, 9.17) is 16.3 Å². The van der Waals surface area contributed by atoms with Gasteiger partial charge >= 0.3 is 0 Å². The highest BCUT2D eigenvalue weighted by atomic mass is 35.5. The van der Waals surface area contributed by atoms with E-state index >= 15 is 0 Å². The lowest BCUT2D eigenvalue weighted by Crippen LogP contribution is -2.48. The van der Waals surface area contributed by atoms with Crippen molar-refractivity contribution in [1.29, 1.82) is 0 Å². The molecule has 4 aliphatic rings. The number of aryl methyl sites for hydroxylation is 1. The summed E-state index contributed by atoms with van der Waals surface area (Å²) in [5, 5.41) is 0.784. The van der Waals surface area contributed by atoms with Gasteiger partial charge in [-0.25, -0.2) is 4.21 Å². The molecule has 2 aliphatic heterocycles. The smallest absolute Gasteiger partial charge is 0.262 e. The highest BCUT2D eigenvalue weighted by Crippen LogP contribution is 2.46. The van der Waals surface area contributed by atoms with Crippen molar-refractivity contribution in [3.8, 4) is 5.75 Å². The lowest BCUT2D eigenvalue weighted by molar-refractivity contribution is 0.0982. The number of nitrogens with zero attached hydrogens (tertiary/aromatic N) is 1. The summed E-state index contributed by atoms with van der Waals surface area (Å²) in [6.07, 6.45) is 12.9. The van der Waals surface area contributed by atoms with Crippen molar-refractivity contribution >= 4 is 38.8 Å². The third-order valence-corrected chi connectivity index (χ3v) is 10.8. The molecule has 2 heterocycles. The zero-order chi connectivity index (χ0) is 26.3. The molecule has 2 bridgehead atoms. The number of benzene rings is 2. The van der Waals surface area contributed by atoms with Gasteiger partial charge in [-0.05, 0) is 111 Å². The fourth-order valence-corrected chi connectivity index (χ4v) is 8.21. The zero-order valence-corrected chi connectivity index (χ0v) is 23.5. The van der Waals surface area contributed by atoms with Crippen LogP contribution < -0.4 is 14.4 Å². The summed E-state index contributed by atoms with van der Waals surface area (Å²) >= 11 is 6.39. The van der Waals surface area contributed by atoms with Crippen LogP contribution in [0.3, 0.4) is 0 Å². The Morgan fingerprint density at radius 1 is 1.11 bits per heavy atom. The number of amides is 1. The predicted molar refractivity (Wildman–Crippen MR) is 157 cm³/mol. The number of hydrogen-bond donors (Lipinski definition) is 1. The lowest BCUT2D eigenvalue weighted by Gasteiger charge is -2.44. The zero-order valence-electron chi connectivity index (χ0n) is 21.9. The minimum absolute atomic E-state index is 0.138. The van der Waals surface area contributed by atoms with Gasteiger partial charge < -0.3 is 9.64 Å². The maximum absolute atomic E-state index is 13.2. The van der Waals surface area contributed by atoms with E-state index in [-0.39, 0.29) is 11.3 Å². The fourth-order valence-electron chi connectivity index (χ4n) is 6.83. The van der Waals surface area contributed by atoms with Crippen molar-refractivity contribution in [3.63, 3.8) is 0 Å². The molecule has 0 aromatic heterocycles. The Morgan fingerprint density at radius 3 is 2.82 bits per heavy atom. The number of fused-ring (bicyclic) bond motifs is 4. The molecule has 2 aromatic rings. The molecule has 1 unspecified atom stereocenters. The van der Waals surface area contributed by atoms with E-state index < -0.39 is 9.71 Å². The number of rotatable bonds is 0. The first-order chi connectivity index (χ1) is 18.3. The second kappa shape index (κ2) is 10.3. The molecule has 4 atom stereocenters. The van der Waals surface area contributed by atoms with Crippen LogP contribution in [0.1, 0.15) is 66.4 Å². The Kier molecular flexibility index (Phi) is 6.98. The van der Waals surface area contributed by atoms with Crippen LogP contribution in [0.2, 0.25) is 5.02 Å². The summed E-state index contributed by atoms with van der Waals surface area (Å²) in [4.78, 5) is 15.7. The average molecular weight is 553 g/mol. The summed E-state index contributed by atoms with van der Waals surface area (Å²) in [6, 6.07) is 12.0. The van der Waals surface area contributed by atoms with Crippen LogP contribution >= 0.6 is 11.6 Å². The minimum atomic E-state index is -2.71. The minimum Gasteiger partial charge on any atom is -0.490 e. The lowest BCUT2D eigenvalue weighted by atomic mass is 9.69. The molecule has 6 rings (SSSR count). The second-order valence-electron chi connectivity index (χ2n) is 11.7. The summed E-state index contributed by atoms with van der Waals surface area (Å²) in [5.74, 6) is 5.97. The van der Waals surface area contributed by atoms with Crippen LogP contribution in [0, 0.1) is 11.8 Å². The van der Waals surface area contributed by atoms with E-state index in [0.717, 1.165) is 68.1 Å². The Bertz CT molecular complexity index is 1370. The first-order valence-electron chi connectivity index (χ1n) is 13.9. The van der Waals surface area contributed by atoms with Gasteiger partial charge in [0.15, 0.2) is 0 Å². The third kappa shape index (κ3) is 5.10. The summed E-state index contributed by atoms with van der Waals surface area (Å²) in [7, 11) is -2.71. The molecule has 5 nitrogen and oxygen atoms in total. The number of carbonyl (C=O) groups excluding carboxylic acids is 1. The van der Waals surface area contributed by atoms with E-state index in [1.807, 2.05) is 18.2 Å². The van der Waals surface area contributed by atoms with Gasteiger partial charge in [-0.2, -0.15) is 0 Å². The number of anilines is 1. The molecule has 7 heteroatoms. The van der Waals surface area contributed by atoms with Crippen molar-refractivity contribution in [2.45, 2.75) is 56.8 Å².